The van der Waals surface area contributed by atoms with E-state index in [1.54, 1.807) is 13.2 Å². The van der Waals surface area contributed by atoms with E-state index < -0.39 is 0 Å². The quantitative estimate of drug-likeness (QED) is 0.788. The van der Waals surface area contributed by atoms with Crippen LogP contribution in [0.5, 0.6) is 0 Å². The molecule has 3 unspecified atom stereocenters. The molecule has 0 saturated heterocycles. The summed E-state index contributed by atoms with van der Waals surface area (Å²) < 4.78 is 5.33. The van der Waals surface area contributed by atoms with Gasteiger partial charge in [0.25, 0.3) is 0 Å². The molecule has 0 aromatic heterocycles. The van der Waals surface area contributed by atoms with Crippen molar-refractivity contribution < 1.29 is 14.6 Å². The Hall–Kier alpha value is -1.35. The molecule has 1 N–H and O–H groups in total. The highest BCUT2D eigenvalue weighted by Gasteiger charge is 2.46. The third kappa shape index (κ3) is 2.06. The molecule has 0 spiro atoms. The monoisotopic (exact) mass is 260 g/mol. The van der Waals surface area contributed by atoms with E-state index in [-0.39, 0.29) is 23.2 Å². The average Bonchev–Trinajstić information content (AvgIpc) is 2.65. The van der Waals surface area contributed by atoms with Gasteiger partial charge in [-0.2, -0.15) is 0 Å². The lowest BCUT2D eigenvalue weighted by Crippen LogP contribution is -2.22. The number of ketones is 1. The van der Waals surface area contributed by atoms with Gasteiger partial charge in [0.05, 0.1) is 13.2 Å². The standard InChI is InChI=1S/C16H20O3/c1-16-8-11(15(18)9-16)6-12(17)5-10-3-4-13(19-2)7-14(10)16/h4-5,7,11,15,18H,3,6,8-9H2,1-2H3/b10-5-. The lowest BCUT2D eigenvalue weighted by Gasteiger charge is -2.32. The predicted octanol–water partition coefficient (Wildman–Crippen LogP) is 2.52. The number of aliphatic hydroxyl groups is 1. The van der Waals surface area contributed by atoms with Crippen LogP contribution in [0.4, 0.5) is 0 Å². The Bertz CT molecular complexity index is 512. The lowest BCUT2D eigenvalue weighted by molar-refractivity contribution is -0.116. The molecule has 102 valence electrons. The minimum atomic E-state index is -0.362. The number of rotatable bonds is 1. The van der Waals surface area contributed by atoms with Crippen LogP contribution in [0.3, 0.4) is 0 Å². The minimum Gasteiger partial charge on any atom is -0.497 e. The predicted molar refractivity (Wildman–Crippen MR) is 72.3 cm³/mol. The first-order valence-electron chi connectivity index (χ1n) is 6.90. The molecular formula is C16H20O3. The zero-order valence-corrected chi connectivity index (χ0v) is 11.5. The van der Waals surface area contributed by atoms with Gasteiger partial charge in [0.15, 0.2) is 5.78 Å². The topological polar surface area (TPSA) is 46.5 Å². The Morgan fingerprint density at radius 2 is 2.16 bits per heavy atom. The van der Waals surface area contributed by atoms with Crippen molar-refractivity contribution in [3.8, 4) is 0 Å². The lowest BCUT2D eigenvalue weighted by atomic mass is 9.72. The molecule has 2 bridgehead atoms. The second-order valence-electron chi connectivity index (χ2n) is 6.21. The largest absolute Gasteiger partial charge is 0.497 e. The van der Waals surface area contributed by atoms with Crippen molar-refractivity contribution in [2.75, 3.05) is 7.11 Å². The maximum absolute atomic E-state index is 12.0. The zero-order chi connectivity index (χ0) is 13.6. The summed E-state index contributed by atoms with van der Waals surface area (Å²) in [5.41, 5.74) is 2.25. The van der Waals surface area contributed by atoms with Crippen LogP contribution in [-0.2, 0) is 9.53 Å². The Morgan fingerprint density at radius 1 is 1.37 bits per heavy atom. The van der Waals surface area contributed by atoms with Crippen LogP contribution in [0.15, 0.2) is 35.1 Å². The molecule has 3 atom stereocenters. The maximum atomic E-state index is 12.0. The first-order chi connectivity index (χ1) is 9.01. The SMILES string of the molecule is COC1=CC/C2=C/C(=O)CC3CC(C)(CC3O)C2=C1. The molecule has 0 aromatic rings. The van der Waals surface area contributed by atoms with Gasteiger partial charge in [-0.1, -0.05) is 6.92 Å². The fraction of sp³-hybridized carbons (Fsp3) is 0.562. The number of carbonyl (C=O) groups is 1. The second kappa shape index (κ2) is 4.34. The van der Waals surface area contributed by atoms with E-state index in [0.717, 1.165) is 30.6 Å². The van der Waals surface area contributed by atoms with Gasteiger partial charge in [-0.15, -0.1) is 0 Å². The molecule has 0 aromatic carbocycles. The number of hydrogen-bond acceptors (Lipinski definition) is 3. The van der Waals surface area contributed by atoms with Crippen molar-refractivity contribution in [1.82, 2.24) is 0 Å². The summed E-state index contributed by atoms with van der Waals surface area (Å²) in [6, 6.07) is 0. The Kier molecular flexibility index (Phi) is 2.90. The van der Waals surface area contributed by atoms with Gasteiger partial charge >= 0.3 is 0 Å². The van der Waals surface area contributed by atoms with E-state index in [9.17, 15) is 9.90 Å². The molecule has 1 fully saturated rings. The summed E-state index contributed by atoms with van der Waals surface area (Å²) in [7, 11) is 1.67. The molecule has 3 heteroatoms. The molecule has 1 saturated carbocycles. The van der Waals surface area contributed by atoms with Gasteiger partial charge in [0.2, 0.25) is 0 Å². The van der Waals surface area contributed by atoms with Crippen LogP contribution >= 0.6 is 0 Å². The smallest absolute Gasteiger partial charge is 0.156 e. The normalized spacial score (nSPS) is 40.4. The van der Waals surface area contributed by atoms with E-state index in [2.05, 4.69) is 6.92 Å². The first kappa shape index (κ1) is 12.7. The molecule has 0 radical (unpaired) electrons. The fourth-order valence-electron chi connectivity index (χ4n) is 3.82. The van der Waals surface area contributed by atoms with E-state index in [4.69, 9.17) is 4.74 Å². The Balaban J connectivity index is 2.09. The van der Waals surface area contributed by atoms with Gasteiger partial charge in [-0.3, -0.25) is 4.79 Å². The molecule has 3 rings (SSSR count). The maximum Gasteiger partial charge on any atom is 0.156 e. The number of aliphatic hydroxyl groups excluding tert-OH is 1. The van der Waals surface area contributed by atoms with Crippen molar-refractivity contribution in [1.29, 1.82) is 0 Å². The molecule has 3 nitrogen and oxygen atoms in total. The van der Waals surface area contributed by atoms with Crippen molar-refractivity contribution >= 4 is 5.78 Å². The van der Waals surface area contributed by atoms with E-state index in [1.165, 1.54) is 5.57 Å². The molecule has 0 heterocycles. The molecule has 19 heavy (non-hydrogen) atoms. The Morgan fingerprint density at radius 3 is 2.89 bits per heavy atom. The molecule has 3 aliphatic rings. The van der Waals surface area contributed by atoms with Crippen LogP contribution in [0.1, 0.15) is 32.6 Å². The number of ether oxygens (including phenoxy) is 1. The second-order valence-corrected chi connectivity index (χ2v) is 6.21. The van der Waals surface area contributed by atoms with Crippen molar-refractivity contribution in [3.05, 3.63) is 35.1 Å². The van der Waals surface area contributed by atoms with E-state index in [0.29, 0.717) is 6.42 Å². The average molecular weight is 260 g/mol. The van der Waals surface area contributed by atoms with Crippen molar-refractivity contribution in [2.24, 2.45) is 11.3 Å². The van der Waals surface area contributed by atoms with Crippen LogP contribution < -0.4 is 0 Å². The third-order valence-electron chi connectivity index (χ3n) is 4.76. The highest BCUT2D eigenvalue weighted by Crippen LogP contribution is 2.52. The summed E-state index contributed by atoms with van der Waals surface area (Å²) >= 11 is 0. The van der Waals surface area contributed by atoms with Crippen molar-refractivity contribution in [3.63, 3.8) is 0 Å². The number of fused-ring (bicyclic) bond motifs is 4. The van der Waals surface area contributed by atoms with E-state index >= 15 is 0 Å². The van der Waals surface area contributed by atoms with Crippen molar-refractivity contribution in [2.45, 2.75) is 38.7 Å². The zero-order valence-electron chi connectivity index (χ0n) is 11.5. The highest BCUT2D eigenvalue weighted by atomic mass is 16.5. The third-order valence-corrected chi connectivity index (χ3v) is 4.76. The molecule has 0 aliphatic heterocycles. The summed E-state index contributed by atoms with van der Waals surface area (Å²) in [6.07, 6.45) is 8.33. The molecule has 3 aliphatic carbocycles. The fourth-order valence-corrected chi connectivity index (χ4v) is 3.82. The van der Waals surface area contributed by atoms with Crippen LogP contribution in [0, 0.1) is 11.3 Å². The van der Waals surface area contributed by atoms with Crippen LogP contribution in [0.25, 0.3) is 0 Å². The van der Waals surface area contributed by atoms with Gasteiger partial charge in [0.1, 0.15) is 5.76 Å². The molecule has 0 amide bonds. The summed E-state index contributed by atoms with van der Waals surface area (Å²) in [5, 5.41) is 10.2. The Labute approximate surface area is 113 Å². The minimum absolute atomic E-state index is 0.0331. The van der Waals surface area contributed by atoms with E-state index in [1.807, 2.05) is 12.2 Å². The van der Waals surface area contributed by atoms with Crippen LogP contribution in [-0.4, -0.2) is 24.1 Å². The molecular weight excluding hydrogens is 240 g/mol. The summed E-state index contributed by atoms with van der Waals surface area (Å²) in [6.45, 7) is 2.20. The number of hydrogen-bond donors (Lipinski definition) is 1. The van der Waals surface area contributed by atoms with Gasteiger partial charge in [0, 0.05) is 6.42 Å². The number of methoxy groups -OCH3 is 1. The number of allylic oxidation sites excluding steroid dienone is 5. The van der Waals surface area contributed by atoms with Gasteiger partial charge in [-0.05, 0) is 60.0 Å². The highest BCUT2D eigenvalue weighted by molar-refractivity contribution is 5.92. The van der Waals surface area contributed by atoms with Crippen LogP contribution in [0.2, 0.25) is 0 Å². The summed E-state index contributed by atoms with van der Waals surface area (Å²) in [4.78, 5) is 12.0. The summed E-state index contributed by atoms with van der Waals surface area (Å²) in [5.74, 6) is 1.11. The van der Waals surface area contributed by atoms with Gasteiger partial charge < -0.3 is 9.84 Å². The van der Waals surface area contributed by atoms with Gasteiger partial charge in [-0.25, -0.2) is 0 Å². The first-order valence-corrected chi connectivity index (χ1v) is 6.90. The number of carbonyl (C=O) groups excluding carboxylic acids is 1.